The van der Waals surface area contributed by atoms with Crippen LogP contribution in [-0.4, -0.2) is 26.6 Å². The molecule has 1 aromatic heterocycles. The Bertz CT molecular complexity index is 782. The van der Waals surface area contributed by atoms with Gasteiger partial charge in [0, 0.05) is 13.0 Å². The maximum absolute atomic E-state index is 12.2. The third-order valence-electron chi connectivity index (χ3n) is 4.49. The second-order valence-electron chi connectivity index (χ2n) is 6.01. The topological polar surface area (TPSA) is 50.2 Å². The summed E-state index contributed by atoms with van der Waals surface area (Å²) >= 11 is 5.27. The molecular weight excluding hydrogens is 296 g/mol. The number of nitrogens with zero attached hydrogens (tertiary/aromatic N) is 3. The molecule has 0 radical (unpaired) electrons. The van der Waals surface area contributed by atoms with E-state index in [1.807, 2.05) is 19.1 Å². The number of aromatic nitrogens is 2. The van der Waals surface area contributed by atoms with Gasteiger partial charge in [-0.2, -0.15) is 0 Å². The Hall–Kier alpha value is -1.95. The minimum absolute atomic E-state index is 0.00915. The smallest absolute Gasteiger partial charge is 0.255 e. The number of amides is 1. The molecule has 1 fully saturated rings. The van der Waals surface area contributed by atoms with Gasteiger partial charge in [0.1, 0.15) is 11.9 Å². The van der Waals surface area contributed by atoms with E-state index in [4.69, 9.17) is 17.2 Å². The molecule has 1 aromatic carbocycles. The van der Waals surface area contributed by atoms with E-state index in [2.05, 4.69) is 16.0 Å². The molecule has 2 aromatic rings. The molecule has 4 rings (SSSR count). The summed E-state index contributed by atoms with van der Waals surface area (Å²) in [6.45, 7) is 2.86. The van der Waals surface area contributed by atoms with Gasteiger partial charge in [-0.25, -0.2) is 4.98 Å². The molecule has 1 amide bonds. The van der Waals surface area contributed by atoms with Crippen molar-refractivity contribution in [2.24, 2.45) is 0 Å². The number of carbonyl (C=O) groups excluding carboxylic acids is 1. The average molecular weight is 314 g/mol. The summed E-state index contributed by atoms with van der Waals surface area (Å²) in [6, 6.07) is 5.74. The third-order valence-corrected chi connectivity index (χ3v) is 4.79. The van der Waals surface area contributed by atoms with Gasteiger partial charge in [0.2, 0.25) is 0 Å². The molecule has 5 nitrogen and oxygen atoms in total. The standard InChI is InChI=1S/C16H18N4OS/c1-10-15(21)20(16(22)17-10)11-6-7-13-12(9-11)18-14-5-3-2-4-8-19(13)14/h6-7,9-10H,2-5,8H2,1H3,(H,17,22)/t10-/m0/s1. The van der Waals surface area contributed by atoms with Gasteiger partial charge in [-0.1, -0.05) is 6.42 Å². The zero-order valence-corrected chi connectivity index (χ0v) is 13.3. The first-order valence-corrected chi connectivity index (χ1v) is 8.19. The average Bonchev–Trinajstić information content (AvgIpc) is 2.84. The number of aryl methyl sites for hydroxylation is 2. The maximum Gasteiger partial charge on any atom is 0.255 e. The van der Waals surface area contributed by atoms with Crippen LogP contribution in [0.5, 0.6) is 0 Å². The Morgan fingerprint density at radius 2 is 2.18 bits per heavy atom. The number of fused-ring (bicyclic) bond motifs is 3. The van der Waals surface area contributed by atoms with E-state index in [0.717, 1.165) is 35.5 Å². The molecular formula is C16H18N4OS. The highest BCUT2D eigenvalue weighted by molar-refractivity contribution is 7.80. The highest BCUT2D eigenvalue weighted by Gasteiger charge is 2.33. The number of hydrogen-bond acceptors (Lipinski definition) is 3. The van der Waals surface area contributed by atoms with Crippen LogP contribution >= 0.6 is 12.2 Å². The minimum Gasteiger partial charge on any atom is -0.350 e. The summed E-state index contributed by atoms with van der Waals surface area (Å²) in [5, 5.41) is 3.47. The predicted octanol–water partition coefficient (Wildman–Crippen LogP) is 2.37. The number of anilines is 1. The number of carbonyl (C=O) groups is 1. The Balaban J connectivity index is 1.79. The first-order chi connectivity index (χ1) is 10.6. The van der Waals surface area contributed by atoms with Crippen LogP contribution in [0.4, 0.5) is 5.69 Å². The fourth-order valence-corrected chi connectivity index (χ4v) is 3.70. The van der Waals surface area contributed by atoms with E-state index in [1.54, 1.807) is 4.90 Å². The maximum atomic E-state index is 12.2. The molecule has 1 saturated heterocycles. The Morgan fingerprint density at radius 3 is 2.95 bits per heavy atom. The lowest BCUT2D eigenvalue weighted by atomic mass is 10.2. The van der Waals surface area contributed by atoms with Gasteiger partial charge in [-0.05, 0) is 50.2 Å². The number of imidazole rings is 1. The van der Waals surface area contributed by atoms with Crippen LogP contribution in [0.1, 0.15) is 32.0 Å². The first kappa shape index (κ1) is 13.7. The van der Waals surface area contributed by atoms with Crippen LogP contribution in [0, 0.1) is 0 Å². The summed E-state index contributed by atoms with van der Waals surface area (Å²) < 4.78 is 2.32. The molecule has 2 aliphatic rings. The van der Waals surface area contributed by atoms with Crippen LogP contribution in [0.2, 0.25) is 0 Å². The highest BCUT2D eigenvalue weighted by Crippen LogP contribution is 2.27. The normalized spacial score (nSPS) is 21.9. The molecule has 0 saturated carbocycles. The molecule has 0 spiro atoms. The van der Waals surface area contributed by atoms with Crippen molar-refractivity contribution in [2.75, 3.05) is 4.90 Å². The number of nitrogens with one attached hydrogen (secondary N) is 1. The van der Waals surface area contributed by atoms with Crippen molar-refractivity contribution < 1.29 is 4.79 Å². The van der Waals surface area contributed by atoms with Crippen molar-refractivity contribution in [2.45, 2.75) is 45.2 Å². The Labute approximate surface area is 134 Å². The molecule has 3 heterocycles. The lowest BCUT2D eigenvalue weighted by Gasteiger charge is -2.14. The van der Waals surface area contributed by atoms with Gasteiger partial charge < -0.3 is 9.88 Å². The van der Waals surface area contributed by atoms with Gasteiger partial charge in [-0.15, -0.1) is 0 Å². The van der Waals surface area contributed by atoms with Crippen LogP contribution in [0.3, 0.4) is 0 Å². The van der Waals surface area contributed by atoms with Gasteiger partial charge in [0.25, 0.3) is 5.91 Å². The predicted molar refractivity (Wildman–Crippen MR) is 90.0 cm³/mol. The summed E-state index contributed by atoms with van der Waals surface area (Å²) in [4.78, 5) is 18.6. The van der Waals surface area contributed by atoms with Crippen LogP contribution in [-0.2, 0) is 17.8 Å². The van der Waals surface area contributed by atoms with Gasteiger partial charge in [0.05, 0.1) is 16.7 Å². The molecule has 6 heteroatoms. The number of hydrogen-bond donors (Lipinski definition) is 1. The van der Waals surface area contributed by atoms with E-state index in [1.165, 1.54) is 19.3 Å². The molecule has 22 heavy (non-hydrogen) atoms. The fourth-order valence-electron chi connectivity index (χ4n) is 3.33. The van der Waals surface area contributed by atoms with Crippen molar-refractivity contribution in [3.05, 3.63) is 24.0 Å². The molecule has 1 atom stereocenters. The number of benzene rings is 1. The number of thiocarbonyl (C=S) groups is 1. The summed E-state index contributed by atoms with van der Waals surface area (Å²) in [6.07, 6.45) is 4.70. The van der Waals surface area contributed by atoms with Crippen molar-refractivity contribution >= 4 is 40.0 Å². The van der Waals surface area contributed by atoms with E-state index in [0.29, 0.717) is 5.11 Å². The SMILES string of the molecule is C[C@@H]1NC(=S)N(c2ccc3c(c2)nc2n3CCCCC2)C1=O. The monoisotopic (exact) mass is 314 g/mol. The minimum atomic E-state index is -0.262. The van der Waals surface area contributed by atoms with Crippen molar-refractivity contribution in [3.8, 4) is 0 Å². The summed E-state index contributed by atoms with van der Waals surface area (Å²) in [5.74, 6) is 1.15. The molecule has 0 bridgehead atoms. The summed E-state index contributed by atoms with van der Waals surface area (Å²) in [7, 11) is 0. The highest BCUT2D eigenvalue weighted by atomic mass is 32.1. The lowest BCUT2D eigenvalue weighted by Crippen LogP contribution is -2.30. The zero-order chi connectivity index (χ0) is 15.3. The van der Waals surface area contributed by atoms with Crippen molar-refractivity contribution in [1.29, 1.82) is 0 Å². The molecule has 1 N–H and O–H groups in total. The van der Waals surface area contributed by atoms with Crippen LogP contribution in [0.15, 0.2) is 18.2 Å². The third kappa shape index (κ3) is 2.01. The van der Waals surface area contributed by atoms with Crippen LogP contribution in [0.25, 0.3) is 11.0 Å². The Kier molecular flexibility index (Phi) is 3.14. The molecule has 0 unspecified atom stereocenters. The quantitative estimate of drug-likeness (QED) is 0.821. The van der Waals surface area contributed by atoms with Crippen molar-refractivity contribution in [1.82, 2.24) is 14.9 Å². The molecule has 114 valence electrons. The van der Waals surface area contributed by atoms with E-state index in [9.17, 15) is 4.79 Å². The van der Waals surface area contributed by atoms with E-state index < -0.39 is 0 Å². The largest absolute Gasteiger partial charge is 0.350 e. The van der Waals surface area contributed by atoms with Gasteiger partial charge >= 0.3 is 0 Å². The Morgan fingerprint density at radius 1 is 1.32 bits per heavy atom. The zero-order valence-electron chi connectivity index (χ0n) is 12.5. The number of rotatable bonds is 1. The molecule has 0 aliphatic carbocycles. The second kappa shape index (κ2) is 5.05. The van der Waals surface area contributed by atoms with Gasteiger partial charge in [-0.3, -0.25) is 9.69 Å². The van der Waals surface area contributed by atoms with Crippen molar-refractivity contribution in [3.63, 3.8) is 0 Å². The summed E-state index contributed by atoms with van der Waals surface area (Å²) in [5.41, 5.74) is 2.90. The van der Waals surface area contributed by atoms with Crippen LogP contribution < -0.4 is 10.2 Å². The first-order valence-electron chi connectivity index (χ1n) is 7.79. The molecule has 2 aliphatic heterocycles. The van der Waals surface area contributed by atoms with E-state index in [-0.39, 0.29) is 11.9 Å². The fraction of sp³-hybridized carbons (Fsp3) is 0.438. The second-order valence-corrected chi connectivity index (χ2v) is 6.39. The van der Waals surface area contributed by atoms with E-state index >= 15 is 0 Å². The van der Waals surface area contributed by atoms with Gasteiger partial charge in [0.15, 0.2) is 5.11 Å². The lowest BCUT2D eigenvalue weighted by molar-refractivity contribution is -0.117.